The molecular weight excluding hydrogens is 212 g/mol. The first kappa shape index (κ1) is 9.76. The molecule has 0 bridgehead atoms. The molecule has 4 heterocycles. The molecule has 6 heteroatoms. The SMILES string of the molecule is C[C@H]1CO[C@@H]2[C@H]3OC[C@H]4CON([C@H]43)[C@@H]2N1O. The molecule has 0 radical (unpaired) electrons. The van der Waals surface area contributed by atoms with Crippen LogP contribution in [0.3, 0.4) is 0 Å². The molecular formula is C10H16N2O4. The summed E-state index contributed by atoms with van der Waals surface area (Å²) in [6.45, 7) is 3.94. The predicted molar refractivity (Wildman–Crippen MR) is 51.4 cm³/mol. The Morgan fingerprint density at radius 1 is 1.12 bits per heavy atom. The molecule has 4 saturated heterocycles. The van der Waals surface area contributed by atoms with Gasteiger partial charge in [0.25, 0.3) is 0 Å². The molecule has 0 aromatic rings. The number of hydrogen-bond acceptors (Lipinski definition) is 6. The first-order valence-corrected chi connectivity index (χ1v) is 5.89. The minimum Gasteiger partial charge on any atom is -0.373 e. The van der Waals surface area contributed by atoms with Gasteiger partial charge in [-0.3, -0.25) is 4.84 Å². The number of fused-ring (bicyclic) bond motifs is 3. The summed E-state index contributed by atoms with van der Waals surface area (Å²) in [5, 5.41) is 13.4. The molecule has 0 saturated carbocycles. The van der Waals surface area contributed by atoms with Crippen LogP contribution in [0.25, 0.3) is 0 Å². The average molecular weight is 228 g/mol. The maximum atomic E-state index is 10.1. The first-order valence-electron chi connectivity index (χ1n) is 5.89. The number of hydrogen-bond donors (Lipinski definition) is 1. The van der Waals surface area contributed by atoms with Crippen LogP contribution in [0.5, 0.6) is 0 Å². The van der Waals surface area contributed by atoms with Crippen LogP contribution in [-0.2, 0) is 14.3 Å². The fraction of sp³-hybridized carbons (Fsp3) is 1.00. The van der Waals surface area contributed by atoms with Crippen LogP contribution in [0.2, 0.25) is 0 Å². The van der Waals surface area contributed by atoms with Crippen molar-refractivity contribution < 1.29 is 19.5 Å². The molecule has 4 aliphatic heterocycles. The van der Waals surface area contributed by atoms with Gasteiger partial charge < -0.3 is 14.7 Å². The highest BCUT2D eigenvalue weighted by molar-refractivity contribution is 5.07. The monoisotopic (exact) mass is 228 g/mol. The minimum absolute atomic E-state index is 0.00252. The van der Waals surface area contributed by atoms with Gasteiger partial charge >= 0.3 is 0 Å². The largest absolute Gasteiger partial charge is 0.373 e. The van der Waals surface area contributed by atoms with Crippen molar-refractivity contribution >= 4 is 0 Å². The zero-order chi connectivity index (χ0) is 10.9. The highest BCUT2D eigenvalue weighted by Gasteiger charge is 2.63. The predicted octanol–water partition coefficient (Wildman–Crippen LogP) is -0.565. The summed E-state index contributed by atoms with van der Waals surface area (Å²) in [5.74, 6) is 0.433. The van der Waals surface area contributed by atoms with Crippen LogP contribution < -0.4 is 0 Å². The van der Waals surface area contributed by atoms with E-state index in [1.54, 1.807) is 0 Å². The van der Waals surface area contributed by atoms with Gasteiger partial charge in [-0.05, 0) is 6.92 Å². The molecule has 6 nitrogen and oxygen atoms in total. The lowest BCUT2D eigenvalue weighted by Gasteiger charge is -2.40. The van der Waals surface area contributed by atoms with Gasteiger partial charge in [-0.15, -0.1) is 0 Å². The van der Waals surface area contributed by atoms with E-state index in [9.17, 15) is 5.21 Å². The normalized spacial score (nSPS) is 56.6. The van der Waals surface area contributed by atoms with Crippen molar-refractivity contribution in [3.63, 3.8) is 0 Å². The fourth-order valence-corrected chi connectivity index (χ4v) is 3.36. The van der Waals surface area contributed by atoms with E-state index >= 15 is 0 Å². The maximum absolute atomic E-state index is 10.1. The third-order valence-corrected chi connectivity index (χ3v) is 4.18. The van der Waals surface area contributed by atoms with Crippen molar-refractivity contribution in [3.05, 3.63) is 0 Å². The zero-order valence-electron chi connectivity index (χ0n) is 9.15. The molecule has 0 spiro atoms. The van der Waals surface area contributed by atoms with Gasteiger partial charge in [-0.2, -0.15) is 10.1 Å². The Balaban J connectivity index is 1.70. The van der Waals surface area contributed by atoms with Crippen LogP contribution in [0.1, 0.15) is 6.92 Å². The molecule has 4 rings (SSSR count). The lowest BCUT2D eigenvalue weighted by molar-refractivity contribution is -0.309. The lowest BCUT2D eigenvalue weighted by atomic mass is 10.0. The quantitative estimate of drug-likeness (QED) is 0.599. The maximum Gasteiger partial charge on any atom is 0.140 e. The van der Waals surface area contributed by atoms with E-state index in [2.05, 4.69) is 0 Å². The third-order valence-electron chi connectivity index (χ3n) is 4.18. The number of ether oxygens (including phenoxy) is 2. The van der Waals surface area contributed by atoms with Crippen LogP contribution in [0.15, 0.2) is 0 Å². The summed E-state index contributed by atoms with van der Waals surface area (Å²) in [5.41, 5.74) is 0. The molecule has 90 valence electrons. The Morgan fingerprint density at radius 2 is 1.94 bits per heavy atom. The topological polar surface area (TPSA) is 54.4 Å². The van der Waals surface area contributed by atoms with Crippen LogP contribution in [0.4, 0.5) is 0 Å². The highest BCUT2D eigenvalue weighted by Crippen LogP contribution is 2.45. The standard InChI is InChI=1S/C10H16N2O4/c1-5-2-14-9-8-7-6(3-15-8)4-16-12(7)10(9)11(5)13/h5-10,13H,2-4H2,1H3/t5-,6-,7+,8-,9+,10-/m0/s1. The van der Waals surface area contributed by atoms with Crippen molar-refractivity contribution in [2.24, 2.45) is 5.92 Å². The van der Waals surface area contributed by atoms with Gasteiger partial charge in [-0.25, -0.2) is 0 Å². The van der Waals surface area contributed by atoms with Gasteiger partial charge in [0, 0.05) is 5.92 Å². The van der Waals surface area contributed by atoms with E-state index in [0.29, 0.717) is 19.1 Å². The third kappa shape index (κ3) is 1.02. The summed E-state index contributed by atoms with van der Waals surface area (Å²) >= 11 is 0. The Morgan fingerprint density at radius 3 is 2.81 bits per heavy atom. The Bertz CT molecular complexity index is 313. The van der Waals surface area contributed by atoms with Gasteiger partial charge in [0.05, 0.1) is 31.9 Å². The summed E-state index contributed by atoms with van der Waals surface area (Å²) in [7, 11) is 0. The van der Waals surface area contributed by atoms with Crippen molar-refractivity contribution in [1.82, 2.24) is 10.1 Å². The zero-order valence-corrected chi connectivity index (χ0v) is 9.15. The molecule has 1 N–H and O–H groups in total. The number of nitrogens with zero attached hydrogens (tertiary/aromatic N) is 2. The first-order chi connectivity index (χ1) is 7.77. The van der Waals surface area contributed by atoms with E-state index in [-0.39, 0.29) is 30.5 Å². The fourth-order valence-electron chi connectivity index (χ4n) is 3.36. The molecule has 0 unspecified atom stereocenters. The average Bonchev–Trinajstić information content (AvgIpc) is 2.89. The van der Waals surface area contributed by atoms with Gasteiger partial charge in [-0.1, -0.05) is 0 Å². The van der Waals surface area contributed by atoms with Crippen molar-refractivity contribution in [2.45, 2.75) is 37.4 Å². The molecule has 0 amide bonds. The number of hydroxylamine groups is 4. The van der Waals surface area contributed by atoms with Gasteiger partial charge in [0.2, 0.25) is 0 Å². The van der Waals surface area contributed by atoms with Crippen LogP contribution in [-0.4, -0.2) is 65.6 Å². The molecule has 16 heavy (non-hydrogen) atoms. The van der Waals surface area contributed by atoms with Crippen molar-refractivity contribution in [1.29, 1.82) is 0 Å². The van der Waals surface area contributed by atoms with Crippen molar-refractivity contribution in [2.75, 3.05) is 19.8 Å². The van der Waals surface area contributed by atoms with Crippen LogP contribution >= 0.6 is 0 Å². The van der Waals surface area contributed by atoms with E-state index in [1.165, 1.54) is 5.06 Å². The molecule has 4 fully saturated rings. The molecule has 0 aromatic heterocycles. The summed E-state index contributed by atoms with van der Waals surface area (Å²) in [6.07, 6.45) is -0.236. The Kier molecular flexibility index (Phi) is 1.92. The second-order valence-electron chi connectivity index (χ2n) is 5.14. The van der Waals surface area contributed by atoms with E-state index < -0.39 is 0 Å². The van der Waals surface area contributed by atoms with Gasteiger partial charge in [0.15, 0.2) is 0 Å². The molecule has 4 aliphatic rings. The molecule has 6 atom stereocenters. The van der Waals surface area contributed by atoms with E-state index in [0.717, 1.165) is 6.61 Å². The minimum atomic E-state index is -0.205. The summed E-state index contributed by atoms with van der Waals surface area (Å²) in [4.78, 5) is 5.67. The molecule has 0 aromatic carbocycles. The van der Waals surface area contributed by atoms with E-state index in [1.807, 2.05) is 12.0 Å². The summed E-state index contributed by atoms with van der Waals surface area (Å²) < 4.78 is 11.6. The Labute approximate surface area is 93.6 Å². The second kappa shape index (κ2) is 3.16. The molecule has 0 aliphatic carbocycles. The number of rotatable bonds is 0. The number of morpholine rings is 1. The van der Waals surface area contributed by atoms with E-state index in [4.69, 9.17) is 14.3 Å². The Hall–Kier alpha value is -0.240. The van der Waals surface area contributed by atoms with Gasteiger partial charge in [0.1, 0.15) is 18.4 Å². The van der Waals surface area contributed by atoms with Crippen LogP contribution in [0, 0.1) is 5.92 Å². The lowest BCUT2D eigenvalue weighted by Crippen LogP contribution is -2.58. The van der Waals surface area contributed by atoms with Crippen molar-refractivity contribution in [3.8, 4) is 0 Å². The highest BCUT2D eigenvalue weighted by atomic mass is 16.7. The second-order valence-corrected chi connectivity index (χ2v) is 5.14. The summed E-state index contributed by atoms with van der Waals surface area (Å²) in [6, 6.07) is 0.262. The smallest absolute Gasteiger partial charge is 0.140 e.